The van der Waals surface area contributed by atoms with Gasteiger partial charge >= 0.3 is 5.97 Å². The van der Waals surface area contributed by atoms with E-state index in [4.69, 9.17) is 4.74 Å². The molecule has 2 unspecified atom stereocenters. The maximum absolute atomic E-state index is 14.5. The zero-order valence-corrected chi connectivity index (χ0v) is 16.3. The Morgan fingerprint density at radius 3 is 2.33 bits per heavy atom. The number of carbonyl (C=O) groups excluding carboxylic acids is 2. The smallest absolute Gasteiger partial charge is 0.340 e. The molecule has 0 N–H and O–H groups in total. The van der Waals surface area contributed by atoms with Crippen LogP contribution in [0.25, 0.3) is 10.8 Å². The van der Waals surface area contributed by atoms with Gasteiger partial charge in [-0.3, -0.25) is 14.9 Å². The second kappa shape index (κ2) is 9.26. The zero-order valence-electron chi connectivity index (χ0n) is 16.3. The first kappa shape index (κ1) is 21.1. The maximum atomic E-state index is 14.5. The van der Waals surface area contributed by atoms with E-state index in [2.05, 4.69) is 0 Å². The van der Waals surface area contributed by atoms with Gasteiger partial charge < -0.3 is 4.74 Å². The number of hydrogen-bond acceptors (Lipinski definition) is 5. The van der Waals surface area contributed by atoms with Crippen LogP contribution in [0.1, 0.15) is 35.2 Å². The number of hydrogen-bond donors (Lipinski definition) is 0. The Morgan fingerprint density at radius 2 is 1.70 bits per heavy atom. The van der Waals surface area contributed by atoms with Crippen LogP contribution in [0.4, 0.5) is 10.1 Å². The summed E-state index contributed by atoms with van der Waals surface area (Å²) >= 11 is 0. The summed E-state index contributed by atoms with van der Waals surface area (Å²) in [6.07, 6.45) is -2.41. The third kappa shape index (κ3) is 4.68. The number of alkyl halides is 1. The van der Waals surface area contributed by atoms with E-state index in [1.165, 1.54) is 24.3 Å². The Kier molecular flexibility index (Phi) is 6.51. The molecule has 0 saturated heterocycles. The molecule has 30 heavy (non-hydrogen) atoms. The van der Waals surface area contributed by atoms with Crippen molar-refractivity contribution >= 4 is 28.2 Å². The summed E-state index contributed by atoms with van der Waals surface area (Å²) in [6, 6.07) is 18.0. The van der Waals surface area contributed by atoms with Gasteiger partial charge in [-0.05, 0) is 29.3 Å². The highest BCUT2D eigenvalue weighted by atomic mass is 19.1. The molecule has 0 spiro atoms. The Balaban J connectivity index is 1.96. The molecule has 0 bridgehead atoms. The number of ketones is 1. The van der Waals surface area contributed by atoms with E-state index in [1.807, 2.05) is 24.3 Å². The summed E-state index contributed by atoms with van der Waals surface area (Å²) in [5.41, 5.74) is 0.622. The SMILES string of the molecule is CCOC(=O)C(F)CC(C(=O)c1ccc2ccccc2c1)c1ccc([N+](=O)[O-])cc1. The van der Waals surface area contributed by atoms with Crippen molar-refractivity contribution in [1.82, 2.24) is 0 Å². The first-order chi connectivity index (χ1) is 14.4. The molecule has 0 radical (unpaired) electrons. The Hall–Kier alpha value is -3.61. The van der Waals surface area contributed by atoms with Gasteiger partial charge in [0.25, 0.3) is 5.69 Å². The van der Waals surface area contributed by atoms with Crippen molar-refractivity contribution in [3.05, 3.63) is 88.0 Å². The van der Waals surface area contributed by atoms with Gasteiger partial charge in [0, 0.05) is 24.1 Å². The number of rotatable bonds is 8. The van der Waals surface area contributed by atoms with E-state index >= 15 is 0 Å². The molecule has 6 nitrogen and oxygen atoms in total. The zero-order chi connectivity index (χ0) is 21.7. The number of nitro groups is 1. The molecule has 3 aromatic carbocycles. The summed E-state index contributed by atoms with van der Waals surface area (Å²) in [7, 11) is 0. The topological polar surface area (TPSA) is 86.5 Å². The number of carbonyl (C=O) groups is 2. The lowest BCUT2D eigenvalue weighted by atomic mass is 9.86. The molecule has 2 atom stereocenters. The average molecular weight is 409 g/mol. The van der Waals surface area contributed by atoms with Crippen molar-refractivity contribution in [3.8, 4) is 0 Å². The molecule has 7 heteroatoms. The minimum atomic E-state index is -1.99. The Labute approximate surface area is 172 Å². The fraction of sp³-hybridized carbons (Fsp3) is 0.217. The van der Waals surface area contributed by atoms with Crippen LogP contribution in [-0.4, -0.2) is 29.5 Å². The number of nitrogens with zero attached hydrogens (tertiary/aromatic N) is 1. The predicted molar refractivity (Wildman–Crippen MR) is 110 cm³/mol. The number of non-ortho nitro benzene ring substituents is 1. The van der Waals surface area contributed by atoms with Gasteiger partial charge in [0.05, 0.1) is 17.4 Å². The number of benzene rings is 3. The van der Waals surface area contributed by atoms with Crippen LogP contribution >= 0.6 is 0 Å². The van der Waals surface area contributed by atoms with Crippen LogP contribution < -0.4 is 0 Å². The van der Waals surface area contributed by atoms with Crippen LogP contribution in [-0.2, 0) is 9.53 Å². The summed E-state index contributed by atoms with van der Waals surface area (Å²) in [4.78, 5) is 35.4. The van der Waals surface area contributed by atoms with Gasteiger partial charge in [-0.25, -0.2) is 9.18 Å². The first-order valence-corrected chi connectivity index (χ1v) is 9.48. The van der Waals surface area contributed by atoms with Crippen LogP contribution in [0.3, 0.4) is 0 Å². The number of Topliss-reactive ketones (excluding diaryl/α,β-unsaturated/α-hetero) is 1. The highest BCUT2D eigenvalue weighted by molar-refractivity contribution is 6.04. The summed E-state index contributed by atoms with van der Waals surface area (Å²) in [5.74, 6) is -2.40. The number of halogens is 1. The van der Waals surface area contributed by atoms with E-state index in [-0.39, 0.29) is 18.1 Å². The number of nitro benzene ring substituents is 1. The quantitative estimate of drug-likeness (QED) is 0.226. The van der Waals surface area contributed by atoms with Crippen LogP contribution in [0, 0.1) is 10.1 Å². The van der Waals surface area contributed by atoms with Gasteiger partial charge in [-0.1, -0.05) is 48.5 Å². The van der Waals surface area contributed by atoms with Crippen molar-refractivity contribution < 1.29 is 23.6 Å². The lowest BCUT2D eigenvalue weighted by Crippen LogP contribution is -2.25. The monoisotopic (exact) mass is 409 g/mol. The standard InChI is InChI=1S/C23H20FNO5/c1-2-30-23(27)21(24)14-20(16-9-11-19(12-10-16)25(28)29)22(26)18-8-7-15-5-3-4-6-17(15)13-18/h3-13,20-21H,2,14H2,1H3. The molecule has 154 valence electrons. The summed E-state index contributed by atoms with van der Waals surface area (Å²) < 4.78 is 19.2. The molecule has 3 rings (SSSR count). The van der Waals surface area contributed by atoms with E-state index in [9.17, 15) is 24.1 Å². The minimum Gasteiger partial charge on any atom is -0.464 e. The lowest BCUT2D eigenvalue weighted by Gasteiger charge is -2.18. The molecule has 0 saturated carbocycles. The van der Waals surface area contributed by atoms with Crippen molar-refractivity contribution in [2.45, 2.75) is 25.4 Å². The fourth-order valence-corrected chi connectivity index (χ4v) is 3.30. The third-order valence-electron chi connectivity index (χ3n) is 4.84. The fourth-order valence-electron chi connectivity index (χ4n) is 3.30. The van der Waals surface area contributed by atoms with Crippen LogP contribution in [0.2, 0.25) is 0 Å². The van der Waals surface area contributed by atoms with E-state index < -0.39 is 29.4 Å². The summed E-state index contributed by atoms with van der Waals surface area (Å²) in [5, 5.41) is 12.7. The molecule has 0 heterocycles. The van der Waals surface area contributed by atoms with E-state index in [0.717, 1.165) is 10.8 Å². The van der Waals surface area contributed by atoms with Crippen molar-refractivity contribution in [2.75, 3.05) is 6.61 Å². The first-order valence-electron chi connectivity index (χ1n) is 9.48. The van der Waals surface area contributed by atoms with Gasteiger partial charge in [0.2, 0.25) is 0 Å². The molecule has 0 aromatic heterocycles. The average Bonchev–Trinajstić information content (AvgIpc) is 2.76. The molecule has 0 aliphatic rings. The van der Waals surface area contributed by atoms with Crippen molar-refractivity contribution in [2.24, 2.45) is 0 Å². The lowest BCUT2D eigenvalue weighted by molar-refractivity contribution is -0.384. The molecule has 0 aliphatic carbocycles. The van der Waals surface area contributed by atoms with Crippen LogP contribution in [0.15, 0.2) is 66.7 Å². The molecule has 3 aromatic rings. The molecule has 0 aliphatic heterocycles. The third-order valence-corrected chi connectivity index (χ3v) is 4.84. The second-order valence-corrected chi connectivity index (χ2v) is 6.78. The second-order valence-electron chi connectivity index (χ2n) is 6.78. The molecular weight excluding hydrogens is 389 g/mol. The Bertz CT molecular complexity index is 1080. The molecule has 0 fully saturated rings. The van der Waals surface area contributed by atoms with Crippen LogP contribution in [0.5, 0.6) is 0 Å². The Morgan fingerprint density at radius 1 is 1.03 bits per heavy atom. The minimum absolute atomic E-state index is 0.0278. The van der Waals surface area contributed by atoms with Gasteiger partial charge in [0.1, 0.15) is 0 Å². The predicted octanol–water partition coefficient (Wildman–Crippen LogP) is 5.01. The normalized spacial score (nSPS) is 12.9. The highest BCUT2D eigenvalue weighted by Crippen LogP contribution is 2.30. The summed E-state index contributed by atoms with van der Waals surface area (Å²) in [6.45, 7) is 1.60. The highest BCUT2D eigenvalue weighted by Gasteiger charge is 2.30. The molecule has 0 amide bonds. The van der Waals surface area contributed by atoms with Gasteiger partial charge in [-0.15, -0.1) is 0 Å². The number of fused-ring (bicyclic) bond motifs is 1. The molecular formula is C23H20FNO5. The maximum Gasteiger partial charge on any atom is 0.340 e. The van der Waals surface area contributed by atoms with Crippen molar-refractivity contribution in [1.29, 1.82) is 0 Å². The van der Waals surface area contributed by atoms with E-state index in [0.29, 0.717) is 11.1 Å². The van der Waals surface area contributed by atoms with Gasteiger partial charge in [-0.2, -0.15) is 0 Å². The number of esters is 1. The largest absolute Gasteiger partial charge is 0.464 e. The van der Waals surface area contributed by atoms with Crippen molar-refractivity contribution in [3.63, 3.8) is 0 Å². The van der Waals surface area contributed by atoms with Gasteiger partial charge in [0.15, 0.2) is 12.0 Å². The van der Waals surface area contributed by atoms with E-state index in [1.54, 1.807) is 25.1 Å². The number of ether oxygens (including phenoxy) is 1.